The summed E-state index contributed by atoms with van der Waals surface area (Å²) < 4.78 is 27.2. The van der Waals surface area contributed by atoms with Crippen molar-refractivity contribution in [3.63, 3.8) is 0 Å². The van der Waals surface area contributed by atoms with Gasteiger partial charge in [0.2, 0.25) is 15.2 Å². The van der Waals surface area contributed by atoms with Crippen LogP contribution in [0.5, 0.6) is 0 Å². The number of sulfonamides is 1. The molecule has 0 aliphatic heterocycles. The number of H-pyrrole nitrogens is 1. The highest BCUT2D eigenvalue weighted by Gasteiger charge is 2.22. The van der Waals surface area contributed by atoms with E-state index in [-0.39, 0.29) is 4.90 Å². The predicted molar refractivity (Wildman–Crippen MR) is 120 cm³/mol. The Morgan fingerprint density at radius 1 is 1.07 bits per heavy atom. The lowest BCUT2D eigenvalue weighted by Crippen LogP contribution is -2.30. The second kappa shape index (κ2) is 8.33. The van der Waals surface area contributed by atoms with Gasteiger partial charge in [-0.05, 0) is 36.2 Å². The zero-order valence-electron chi connectivity index (χ0n) is 17.1. The van der Waals surface area contributed by atoms with Gasteiger partial charge >= 0.3 is 0 Å². The Balaban J connectivity index is 1.67. The Labute approximate surface area is 180 Å². The fourth-order valence-electron chi connectivity index (χ4n) is 3.38. The molecule has 7 nitrogen and oxygen atoms in total. The van der Waals surface area contributed by atoms with Crippen molar-refractivity contribution in [1.29, 1.82) is 0 Å². The van der Waals surface area contributed by atoms with Gasteiger partial charge in [0.05, 0.1) is 4.90 Å². The Bertz CT molecular complexity index is 1310. The third kappa shape index (κ3) is 3.80. The van der Waals surface area contributed by atoms with Gasteiger partial charge < -0.3 is 4.98 Å². The molecular formula is C21H23N5O2S2. The second-order valence-electron chi connectivity index (χ2n) is 6.93. The van der Waals surface area contributed by atoms with Crippen molar-refractivity contribution in [2.24, 2.45) is 0 Å². The normalized spacial score (nSPS) is 12.3. The Morgan fingerprint density at radius 3 is 2.57 bits per heavy atom. The summed E-state index contributed by atoms with van der Waals surface area (Å²) in [6, 6.07) is 13.2. The number of rotatable bonds is 7. The molecule has 0 atom stereocenters. The van der Waals surface area contributed by atoms with E-state index in [9.17, 15) is 8.42 Å². The molecule has 0 amide bonds. The highest BCUT2D eigenvalue weighted by Crippen LogP contribution is 2.28. The van der Waals surface area contributed by atoms with Crippen molar-refractivity contribution in [1.82, 2.24) is 24.5 Å². The maximum Gasteiger partial charge on any atom is 0.243 e. The number of nitrogens with zero attached hydrogens (tertiary/aromatic N) is 4. The van der Waals surface area contributed by atoms with Crippen molar-refractivity contribution >= 4 is 43.9 Å². The molecule has 0 fully saturated rings. The minimum Gasteiger partial charge on any atom is -0.338 e. The number of benzene rings is 2. The van der Waals surface area contributed by atoms with Gasteiger partial charge in [0.25, 0.3) is 0 Å². The van der Waals surface area contributed by atoms with Crippen LogP contribution in [0.2, 0.25) is 0 Å². The standard InChI is InChI=1S/C21H23N5O2S2/c1-4-26(5-2)30(27,28)16-10-11-18-17(12-16)19-20(22-18)23-21(25-24-19)29-13-15-9-7-6-8-14(15)3/h6-12H,4-5,13H2,1-3H3,(H,22,23,25). The average molecular weight is 442 g/mol. The van der Waals surface area contributed by atoms with Crippen molar-refractivity contribution in [2.75, 3.05) is 13.1 Å². The first-order valence-corrected chi connectivity index (χ1v) is 12.2. The Hall–Kier alpha value is -2.49. The molecule has 2 aromatic heterocycles. The molecule has 2 aromatic carbocycles. The monoisotopic (exact) mass is 441 g/mol. The number of hydrogen-bond donors (Lipinski definition) is 1. The van der Waals surface area contributed by atoms with Gasteiger partial charge in [-0.1, -0.05) is 49.9 Å². The van der Waals surface area contributed by atoms with Crippen LogP contribution in [0.1, 0.15) is 25.0 Å². The van der Waals surface area contributed by atoms with Crippen LogP contribution in [0.4, 0.5) is 0 Å². The summed E-state index contributed by atoms with van der Waals surface area (Å²) in [5, 5.41) is 9.87. The molecule has 156 valence electrons. The largest absolute Gasteiger partial charge is 0.338 e. The summed E-state index contributed by atoms with van der Waals surface area (Å²) in [5.74, 6) is 0.756. The van der Waals surface area contributed by atoms with E-state index < -0.39 is 10.0 Å². The van der Waals surface area contributed by atoms with Crippen LogP contribution >= 0.6 is 11.8 Å². The van der Waals surface area contributed by atoms with Crippen LogP contribution in [-0.4, -0.2) is 46.0 Å². The van der Waals surface area contributed by atoms with E-state index >= 15 is 0 Å². The number of nitrogens with one attached hydrogen (secondary N) is 1. The van der Waals surface area contributed by atoms with Crippen LogP contribution in [0.25, 0.3) is 22.1 Å². The molecule has 9 heteroatoms. The summed E-state index contributed by atoms with van der Waals surface area (Å²) >= 11 is 1.52. The maximum atomic E-state index is 12.9. The minimum atomic E-state index is -3.54. The molecule has 1 N–H and O–H groups in total. The zero-order chi connectivity index (χ0) is 21.3. The summed E-state index contributed by atoms with van der Waals surface area (Å²) in [7, 11) is -3.54. The average Bonchev–Trinajstić information content (AvgIpc) is 3.11. The lowest BCUT2D eigenvalue weighted by molar-refractivity contribution is 0.445. The molecule has 0 saturated carbocycles. The van der Waals surface area contributed by atoms with E-state index in [1.54, 1.807) is 18.2 Å². The zero-order valence-corrected chi connectivity index (χ0v) is 18.7. The number of aromatic nitrogens is 4. The van der Waals surface area contributed by atoms with Crippen molar-refractivity contribution in [3.05, 3.63) is 53.6 Å². The van der Waals surface area contributed by atoms with Gasteiger partial charge in [-0.3, -0.25) is 0 Å². The topological polar surface area (TPSA) is 91.8 Å². The first-order valence-electron chi connectivity index (χ1n) is 9.77. The van der Waals surface area contributed by atoms with Crippen LogP contribution in [0.15, 0.2) is 52.5 Å². The molecule has 0 aliphatic rings. The lowest BCUT2D eigenvalue weighted by atomic mass is 10.1. The van der Waals surface area contributed by atoms with Crippen LogP contribution in [0, 0.1) is 6.92 Å². The van der Waals surface area contributed by atoms with E-state index in [0.29, 0.717) is 34.8 Å². The minimum absolute atomic E-state index is 0.249. The highest BCUT2D eigenvalue weighted by molar-refractivity contribution is 7.98. The summed E-state index contributed by atoms with van der Waals surface area (Å²) in [4.78, 5) is 8.07. The second-order valence-corrected chi connectivity index (χ2v) is 9.81. The van der Waals surface area contributed by atoms with Crippen LogP contribution < -0.4 is 0 Å². The molecular weight excluding hydrogens is 418 g/mol. The molecule has 2 heterocycles. The highest BCUT2D eigenvalue weighted by atomic mass is 32.2. The number of hydrogen-bond acceptors (Lipinski definition) is 6. The number of fused-ring (bicyclic) bond motifs is 3. The summed E-state index contributed by atoms with van der Waals surface area (Å²) in [6.07, 6.45) is 0. The van der Waals surface area contributed by atoms with E-state index in [1.165, 1.54) is 27.2 Å². The van der Waals surface area contributed by atoms with Gasteiger partial charge in [0, 0.05) is 29.7 Å². The first kappa shape index (κ1) is 20.8. The van der Waals surface area contributed by atoms with E-state index in [2.05, 4.69) is 39.2 Å². The number of aryl methyl sites for hydroxylation is 1. The SMILES string of the molecule is CCN(CC)S(=O)(=O)c1ccc2[nH]c3nc(SCc4ccccc4C)nnc3c2c1. The quantitative estimate of drug-likeness (QED) is 0.434. The van der Waals surface area contributed by atoms with E-state index in [4.69, 9.17) is 0 Å². The Morgan fingerprint density at radius 2 is 1.83 bits per heavy atom. The van der Waals surface area contributed by atoms with Gasteiger partial charge in [-0.15, -0.1) is 10.2 Å². The molecule has 0 unspecified atom stereocenters. The van der Waals surface area contributed by atoms with Crippen LogP contribution in [0.3, 0.4) is 0 Å². The van der Waals surface area contributed by atoms with Gasteiger partial charge in [-0.25, -0.2) is 13.4 Å². The van der Waals surface area contributed by atoms with Crippen molar-refractivity contribution in [3.8, 4) is 0 Å². The smallest absolute Gasteiger partial charge is 0.243 e. The maximum absolute atomic E-state index is 12.9. The third-order valence-electron chi connectivity index (χ3n) is 5.13. The van der Waals surface area contributed by atoms with Crippen molar-refractivity contribution < 1.29 is 8.42 Å². The van der Waals surface area contributed by atoms with Crippen LogP contribution in [-0.2, 0) is 15.8 Å². The lowest BCUT2D eigenvalue weighted by Gasteiger charge is -2.18. The van der Waals surface area contributed by atoms with Gasteiger partial charge in [0.1, 0.15) is 5.52 Å². The third-order valence-corrected chi connectivity index (χ3v) is 8.06. The van der Waals surface area contributed by atoms with E-state index in [1.807, 2.05) is 26.0 Å². The molecule has 0 aliphatic carbocycles. The molecule has 4 aromatic rings. The first-order chi connectivity index (χ1) is 14.4. The summed E-state index contributed by atoms with van der Waals surface area (Å²) in [5.41, 5.74) is 4.42. The fraction of sp³-hybridized carbons (Fsp3) is 0.286. The van der Waals surface area contributed by atoms with Gasteiger partial charge in [-0.2, -0.15) is 4.31 Å². The summed E-state index contributed by atoms with van der Waals surface area (Å²) in [6.45, 7) is 6.59. The number of aromatic amines is 1. The molecule has 30 heavy (non-hydrogen) atoms. The predicted octanol–water partition coefficient (Wildman–Crippen LogP) is 4.14. The molecule has 0 spiro atoms. The molecule has 4 rings (SSSR count). The van der Waals surface area contributed by atoms with Crippen molar-refractivity contribution in [2.45, 2.75) is 36.6 Å². The van der Waals surface area contributed by atoms with E-state index in [0.717, 1.165) is 11.3 Å². The molecule has 0 bridgehead atoms. The Kier molecular flexibility index (Phi) is 5.77. The molecule has 0 saturated heterocycles. The fourth-order valence-corrected chi connectivity index (χ4v) is 5.73. The van der Waals surface area contributed by atoms with Gasteiger partial charge in [0.15, 0.2) is 5.65 Å². The molecule has 0 radical (unpaired) electrons. The number of thioether (sulfide) groups is 1.